The Labute approximate surface area is 146 Å². The van der Waals surface area contributed by atoms with E-state index in [9.17, 15) is 9.59 Å². The zero-order valence-corrected chi connectivity index (χ0v) is 15.3. The number of nitrogens with one attached hydrogen (secondary N) is 1. The molecule has 6 heteroatoms. The third-order valence-corrected chi connectivity index (χ3v) is 5.90. The number of unbranched alkanes of at least 4 members (excludes halogenated alkanes) is 1. The lowest BCUT2D eigenvalue weighted by atomic mass is 10.2. The van der Waals surface area contributed by atoms with Gasteiger partial charge in [-0.15, -0.1) is 11.3 Å². The maximum atomic E-state index is 12.4. The summed E-state index contributed by atoms with van der Waals surface area (Å²) in [6, 6.07) is 0. The van der Waals surface area contributed by atoms with Gasteiger partial charge in [-0.1, -0.05) is 13.3 Å². The lowest BCUT2D eigenvalue weighted by Crippen LogP contribution is -2.32. The molecule has 0 aliphatic heterocycles. The van der Waals surface area contributed by atoms with Crippen LogP contribution in [0.15, 0.2) is 4.79 Å². The second-order valence-electron chi connectivity index (χ2n) is 6.38. The number of amides is 1. The fraction of sp³-hybridized carbons (Fsp3) is 0.611. The number of hydrogen-bond acceptors (Lipinski definition) is 4. The molecule has 0 saturated heterocycles. The first-order valence-corrected chi connectivity index (χ1v) is 9.76. The number of rotatable bonds is 7. The molecule has 1 amide bonds. The maximum absolute atomic E-state index is 12.4. The molecule has 5 nitrogen and oxygen atoms in total. The molecule has 2 heterocycles. The molecule has 0 unspecified atom stereocenters. The highest BCUT2D eigenvalue weighted by Crippen LogP contribution is 2.34. The number of H-pyrrole nitrogens is 1. The summed E-state index contributed by atoms with van der Waals surface area (Å²) in [5, 5.41) is 0.778. The van der Waals surface area contributed by atoms with Crippen LogP contribution in [0, 0.1) is 0 Å². The summed E-state index contributed by atoms with van der Waals surface area (Å²) in [6.07, 6.45) is 6.19. The van der Waals surface area contributed by atoms with Crippen LogP contribution in [-0.4, -0.2) is 33.9 Å². The van der Waals surface area contributed by atoms with Gasteiger partial charge in [-0.05, 0) is 38.2 Å². The number of hydrogen-bond donors (Lipinski definition) is 1. The monoisotopic (exact) mass is 347 g/mol. The van der Waals surface area contributed by atoms with Crippen molar-refractivity contribution >= 4 is 27.5 Å². The van der Waals surface area contributed by atoms with E-state index in [0.717, 1.165) is 55.4 Å². The summed E-state index contributed by atoms with van der Waals surface area (Å²) < 4.78 is 0. The molecule has 3 rings (SSSR count). The SMILES string of the molecule is CCCCN(CC)C(=O)CCc1nc2sc3c(c2c(=O)[nH]1)CCC3. The van der Waals surface area contributed by atoms with Gasteiger partial charge in [0.15, 0.2) is 0 Å². The minimum atomic E-state index is -0.0415. The highest BCUT2D eigenvalue weighted by atomic mass is 32.1. The van der Waals surface area contributed by atoms with E-state index in [1.807, 2.05) is 11.8 Å². The smallest absolute Gasteiger partial charge is 0.259 e. The van der Waals surface area contributed by atoms with E-state index in [2.05, 4.69) is 16.9 Å². The molecule has 1 N–H and O–H groups in total. The Balaban J connectivity index is 1.72. The van der Waals surface area contributed by atoms with E-state index >= 15 is 0 Å². The van der Waals surface area contributed by atoms with E-state index in [1.165, 1.54) is 10.4 Å². The molecule has 2 aromatic rings. The first kappa shape index (κ1) is 17.1. The van der Waals surface area contributed by atoms with Gasteiger partial charge in [0.05, 0.1) is 5.39 Å². The van der Waals surface area contributed by atoms with Crippen molar-refractivity contribution in [3.8, 4) is 0 Å². The van der Waals surface area contributed by atoms with Crippen molar-refractivity contribution in [2.75, 3.05) is 13.1 Å². The number of aryl methyl sites for hydroxylation is 3. The van der Waals surface area contributed by atoms with Crippen LogP contribution in [0.4, 0.5) is 0 Å². The quantitative estimate of drug-likeness (QED) is 0.837. The number of carbonyl (C=O) groups is 1. The van der Waals surface area contributed by atoms with E-state index in [-0.39, 0.29) is 11.5 Å². The van der Waals surface area contributed by atoms with Crippen molar-refractivity contribution < 1.29 is 4.79 Å². The number of aromatic nitrogens is 2. The second-order valence-corrected chi connectivity index (χ2v) is 7.46. The predicted molar refractivity (Wildman–Crippen MR) is 97.7 cm³/mol. The molecular formula is C18H25N3O2S. The lowest BCUT2D eigenvalue weighted by molar-refractivity contribution is -0.131. The Bertz CT molecular complexity index is 793. The van der Waals surface area contributed by atoms with Crippen LogP contribution in [0.25, 0.3) is 10.2 Å². The topological polar surface area (TPSA) is 66.1 Å². The van der Waals surface area contributed by atoms with Gasteiger partial charge in [0, 0.05) is 30.8 Å². The molecule has 1 aliphatic rings. The zero-order chi connectivity index (χ0) is 17.1. The molecule has 0 aromatic carbocycles. The normalized spacial score (nSPS) is 13.4. The predicted octanol–water partition coefficient (Wildman–Crippen LogP) is 3.05. The van der Waals surface area contributed by atoms with Crippen molar-refractivity contribution in [1.82, 2.24) is 14.9 Å². The van der Waals surface area contributed by atoms with Crippen LogP contribution < -0.4 is 5.56 Å². The van der Waals surface area contributed by atoms with Crippen molar-refractivity contribution in [1.29, 1.82) is 0 Å². The number of fused-ring (bicyclic) bond motifs is 3. The van der Waals surface area contributed by atoms with Gasteiger partial charge in [0.2, 0.25) is 5.91 Å². The fourth-order valence-corrected chi connectivity index (χ4v) is 4.64. The van der Waals surface area contributed by atoms with Gasteiger partial charge in [0.1, 0.15) is 10.7 Å². The van der Waals surface area contributed by atoms with E-state index < -0.39 is 0 Å². The Kier molecular flexibility index (Phi) is 5.33. The van der Waals surface area contributed by atoms with Gasteiger partial charge >= 0.3 is 0 Å². The van der Waals surface area contributed by atoms with Gasteiger partial charge in [-0.3, -0.25) is 9.59 Å². The number of thiophene rings is 1. The van der Waals surface area contributed by atoms with Crippen LogP contribution in [-0.2, 0) is 24.1 Å². The van der Waals surface area contributed by atoms with E-state index in [1.54, 1.807) is 11.3 Å². The number of aromatic amines is 1. The summed E-state index contributed by atoms with van der Waals surface area (Å²) in [5.74, 6) is 0.773. The highest BCUT2D eigenvalue weighted by molar-refractivity contribution is 7.18. The fourth-order valence-electron chi connectivity index (χ4n) is 3.36. The highest BCUT2D eigenvalue weighted by Gasteiger charge is 2.21. The van der Waals surface area contributed by atoms with Crippen molar-refractivity contribution in [2.24, 2.45) is 0 Å². The standard InChI is InChI=1S/C18H25N3O2S/c1-3-5-11-21(4-2)15(22)10-9-14-19-17(23)16-12-7-6-8-13(12)24-18(16)20-14/h3-11H2,1-2H3,(H,19,20,23). The van der Waals surface area contributed by atoms with Crippen molar-refractivity contribution in [2.45, 2.75) is 58.8 Å². The lowest BCUT2D eigenvalue weighted by Gasteiger charge is -2.20. The molecule has 0 radical (unpaired) electrons. The largest absolute Gasteiger partial charge is 0.343 e. The summed E-state index contributed by atoms with van der Waals surface area (Å²) >= 11 is 1.64. The summed E-state index contributed by atoms with van der Waals surface area (Å²) in [7, 11) is 0. The van der Waals surface area contributed by atoms with Gasteiger partial charge < -0.3 is 9.88 Å². The number of nitrogens with zero attached hydrogens (tertiary/aromatic N) is 2. The van der Waals surface area contributed by atoms with Crippen LogP contribution in [0.2, 0.25) is 0 Å². The third kappa shape index (κ3) is 3.38. The molecule has 24 heavy (non-hydrogen) atoms. The Morgan fingerprint density at radius 3 is 2.92 bits per heavy atom. The van der Waals surface area contributed by atoms with Crippen LogP contribution in [0.5, 0.6) is 0 Å². The van der Waals surface area contributed by atoms with E-state index in [4.69, 9.17) is 0 Å². The Morgan fingerprint density at radius 2 is 2.17 bits per heavy atom. The average molecular weight is 347 g/mol. The third-order valence-electron chi connectivity index (χ3n) is 4.72. The zero-order valence-electron chi connectivity index (χ0n) is 14.5. The second kappa shape index (κ2) is 7.47. The molecule has 0 atom stereocenters. The minimum Gasteiger partial charge on any atom is -0.343 e. The van der Waals surface area contributed by atoms with Crippen molar-refractivity contribution in [3.63, 3.8) is 0 Å². The molecule has 1 aliphatic carbocycles. The summed E-state index contributed by atoms with van der Waals surface area (Å²) in [5.41, 5.74) is 1.16. The minimum absolute atomic E-state index is 0.0415. The van der Waals surface area contributed by atoms with Crippen LogP contribution in [0.3, 0.4) is 0 Å². The van der Waals surface area contributed by atoms with Crippen molar-refractivity contribution in [3.05, 3.63) is 26.6 Å². The van der Waals surface area contributed by atoms with Gasteiger partial charge in [-0.25, -0.2) is 4.98 Å². The molecule has 0 saturated carbocycles. The average Bonchev–Trinajstić information content (AvgIpc) is 3.14. The van der Waals surface area contributed by atoms with Gasteiger partial charge in [0.25, 0.3) is 5.56 Å². The van der Waals surface area contributed by atoms with Gasteiger partial charge in [-0.2, -0.15) is 0 Å². The Hall–Kier alpha value is -1.69. The Morgan fingerprint density at radius 1 is 1.33 bits per heavy atom. The molecule has 0 spiro atoms. The van der Waals surface area contributed by atoms with Crippen LogP contribution in [0.1, 0.15) is 55.8 Å². The summed E-state index contributed by atoms with van der Waals surface area (Å²) in [6.45, 7) is 5.68. The molecular weight excluding hydrogens is 322 g/mol. The summed E-state index contributed by atoms with van der Waals surface area (Å²) in [4.78, 5) is 36.3. The van der Waals surface area contributed by atoms with Crippen LogP contribution >= 0.6 is 11.3 Å². The first-order valence-electron chi connectivity index (χ1n) is 8.95. The van der Waals surface area contributed by atoms with E-state index in [0.29, 0.717) is 18.7 Å². The maximum Gasteiger partial charge on any atom is 0.259 e. The molecule has 0 bridgehead atoms. The first-order chi connectivity index (χ1) is 11.6. The molecule has 130 valence electrons. The molecule has 0 fully saturated rings. The molecule has 2 aromatic heterocycles. The number of carbonyl (C=O) groups excluding carboxylic acids is 1.